The van der Waals surface area contributed by atoms with Gasteiger partial charge in [-0.3, -0.25) is 9.59 Å². The van der Waals surface area contributed by atoms with E-state index < -0.39 is 5.91 Å². The fourth-order valence-corrected chi connectivity index (χ4v) is 2.62. The SMILES string of the molecule is COc1cc(/C=C/C(=O)N(C)Cc2ccc(C(N)=O)cc2)cc(OC)c1OC. The number of likely N-dealkylation sites (N-methyl/N-ethyl adjacent to an activating group) is 1. The van der Waals surface area contributed by atoms with Gasteiger partial charge in [0.1, 0.15) is 0 Å². The predicted octanol–water partition coefficient (Wildman–Crippen LogP) is 2.48. The summed E-state index contributed by atoms with van der Waals surface area (Å²) >= 11 is 0. The molecule has 0 aliphatic carbocycles. The Hall–Kier alpha value is -3.48. The molecule has 0 spiro atoms. The van der Waals surface area contributed by atoms with Gasteiger partial charge in [-0.15, -0.1) is 0 Å². The molecule has 2 aromatic carbocycles. The van der Waals surface area contributed by atoms with Gasteiger partial charge in [-0.05, 0) is 41.5 Å². The van der Waals surface area contributed by atoms with Crippen LogP contribution in [0, 0.1) is 0 Å². The lowest BCUT2D eigenvalue weighted by Crippen LogP contribution is -2.24. The Balaban J connectivity index is 2.10. The van der Waals surface area contributed by atoms with Crippen LogP contribution in [-0.4, -0.2) is 45.1 Å². The molecule has 0 saturated carbocycles. The molecule has 7 nitrogen and oxygen atoms in total. The first kappa shape index (κ1) is 20.8. The van der Waals surface area contributed by atoms with E-state index >= 15 is 0 Å². The lowest BCUT2D eigenvalue weighted by atomic mass is 10.1. The minimum Gasteiger partial charge on any atom is -0.493 e. The molecule has 0 fully saturated rings. The number of rotatable bonds is 8. The van der Waals surface area contributed by atoms with Crippen LogP contribution in [0.25, 0.3) is 6.08 Å². The largest absolute Gasteiger partial charge is 0.493 e. The Morgan fingerprint density at radius 3 is 2.04 bits per heavy atom. The zero-order chi connectivity index (χ0) is 20.7. The van der Waals surface area contributed by atoms with Crippen LogP contribution in [0.5, 0.6) is 17.2 Å². The first-order valence-electron chi connectivity index (χ1n) is 8.51. The van der Waals surface area contributed by atoms with Crippen LogP contribution >= 0.6 is 0 Å². The first-order valence-corrected chi connectivity index (χ1v) is 8.51. The molecule has 28 heavy (non-hydrogen) atoms. The highest BCUT2D eigenvalue weighted by Gasteiger charge is 2.13. The number of carbonyl (C=O) groups excluding carboxylic acids is 2. The molecule has 0 atom stereocenters. The molecule has 0 aliphatic rings. The smallest absolute Gasteiger partial charge is 0.248 e. The van der Waals surface area contributed by atoms with Crippen molar-refractivity contribution in [2.75, 3.05) is 28.4 Å². The third-order valence-corrected chi connectivity index (χ3v) is 4.14. The number of hydrogen-bond donors (Lipinski definition) is 1. The highest BCUT2D eigenvalue weighted by molar-refractivity contribution is 5.93. The van der Waals surface area contributed by atoms with Gasteiger partial charge in [0.15, 0.2) is 11.5 Å². The van der Waals surface area contributed by atoms with Crippen LogP contribution in [0.15, 0.2) is 42.5 Å². The maximum absolute atomic E-state index is 12.4. The first-order chi connectivity index (χ1) is 13.4. The zero-order valence-electron chi connectivity index (χ0n) is 16.4. The van der Waals surface area contributed by atoms with Crippen LogP contribution in [0.3, 0.4) is 0 Å². The summed E-state index contributed by atoms with van der Waals surface area (Å²) in [5.41, 5.74) is 7.29. The van der Waals surface area contributed by atoms with Gasteiger partial charge < -0.3 is 24.8 Å². The average Bonchev–Trinajstić information content (AvgIpc) is 2.71. The van der Waals surface area contributed by atoms with Crippen molar-refractivity contribution >= 4 is 17.9 Å². The van der Waals surface area contributed by atoms with Crippen LogP contribution in [0.4, 0.5) is 0 Å². The summed E-state index contributed by atoms with van der Waals surface area (Å²) in [6.45, 7) is 0.400. The number of hydrogen-bond acceptors (Lipinski definition) is 5. The van der Waals surface area contributed by atoms with Gasteiger partial charge in [0.2, 0.25) is 17.6 Å². The fraction of sp³-hybridized carbons (Fsp3) is 0.238. The summed E-state index contributed by atoms with van der Waals surface area (Å²) in [5, 5.41) is 0. The van der Waals surface area contributed by atoms with Crippen LogP contribution in [0.2, 0.25) is 0 Å². The maximum atomic E-state index is 12.4. The van der Waals surface area contributed by atoms with Crippen molar-refractivity contribution in [2.45, 2.75) is 6.54 Å². The molecule has 2 rings (SSSR count). The molecule has 0 bridgehead atoms. The van der Waals surface area contributed by atoms with E-state index in [1.54, 1.807) is 54.4 Å². The highest BCUT2D eigenvalue weighted by Crippen LogP contribution is 2.38. The molecule has 0 saturated heterocycles. The summed E-state index contributed by atoms with van der Waals surface area (Å²) in [6.07, 6.45) is 3.15. The molecule has 2 amide bonds. The second kappa shape index (κ2) is 9.45. The summed E-state index contributed by atoms with van der Waals surface area (Å²) in [7, 11) is 6.30. The monoisotopic (exact) mass is 384 g/mol. The number of amides is 2. The molecule has 0 radical (unpaired) electrons. The van der Waals surface area contributed by atoms with E-state index in [1.807, 2.05) is 0 Å². The van der Waals surface area contributed by atoms with Crippen molar-refractivity contribution in [1.82, 2.24) is 4.90 Å². The standard InChI is InChI=1S/C21H24N2O5/c1-23(13-14-5-8-16(9-6-14)21(22)25)19(24)10-7-15-11-17(26-2)20(28-4)18(12-15)27-3/h5-12H,13H2,1-4H3,(H2,22,25)/b10-7+. The number of primary amides is 1. The van der Waals surface area contributed by atoms with Crippen molar-refractivity contribution in [3.05, 3.63) is 59.2 Å². The van der Waals surface area contributed by atoms with Gasteiger partial charge >= 0.3 is 0 Å². The van der Waals surface area contributed by atoms with E-state index in [-0.39, 0.29) is 5.91 Å². The molecule has 148 valence electrons. The summed E-state index contributed by atoms with van der Waals surface area (Å²) in [4.78, 5) is 25.1. The van der Waals surface area contributed by atoms with E-state index in [4.69, 9.17) is 19.9 Å². The van der Waals surface area contributed by atoms with Crippen molar-refractivity contribution in [3.8, 4) is 17.2 Å². The number of nitrogens with two attached hydrogens (primary N) is 1. The van der Waals surface area contributed by atoms with Gasteiger partial charge in [-0.25, -0.2) is 0 Å². The lowest BCUT2D eigenvalue weighted by molar-refractivity contribution is -0.125. The maximum Gasteiger partial charge on any atom is 0.248 e. The van der Waals surface area contributed by atoms with Gasteiger partial charge in [-0.2, -0.15) is 0 Å². The molecule has 0 aliphatic heterocycles. The highest BCUT2D eigenvalue weighted by atomic mass is 16.5. The van der Waals surface area contributed by atoms with E-state index in [0.717, 1.165) is 11.1 Å². The Morgan fingerprint density at radius 1 is 1.00 bits per heavy atom. The van der Waals surface area contributed by atoms with Gasteiger partial charge in [0.05, 0.1) is 21.3 Å². The van der Waals surface area contributed by atoms with Crippen molar-refractivity contribution in [3.63, 3.8) is 0 Å². The second-order valence-electron chi connectivity index (χ2n) is 6.05. The number of carbonyl (C=O) groups is 2. The third kappa shape index (κ3) is 5.03. The van der Waals surface area contributed by atoms with Crippen molar-refractivity contribution in [2.24, 2.45) is 5.73 Å². The number of nitrogens with zero attached hydrogens (tertiary/aromatic N) is 1. The fourth-order valence-electron chi connectivity index (χ4n) is 2.62. The van der Waals surface area contributed by atoms with Gasteiger partial charge in [0, 0.05) is 25.2 Å². The molecular weight excluding hydrogens is 360 g/mol. The second-order valence-corrected chi connectivity index (χ2v) is 6.05. The molecule has 2 N–H and O–H groups in total. The molecular formula is C21H24N2O5. The molecule has 0 aromatic heterocycles. The van der Waals surface area contributed by atoms with Crippen LogP contribution in [0.1, 0.15) is 21.5 Å². The minimum absolute atomic E-state index is 0.173. The van der Waals surface area contributed by atoms with E-state index in [2.05, 4.69) is 0 Å². The summed E-state index contributed by atoms with van der Waals surface area (Å²) < 4.78 is 15.9. The van der Waals surface area contributed by atoms with E-state index in [0.29, 0.717) is 29.4 Å². The Labute approximate surface area is 164 Å². The molecule has 0 heterocycles. The summed E-state index contributed by atoms with van der Waals surface area (Å²) in [5.74, 6) is 0.857. The Morgan fingerprint density at radius 2 is 1.57 bits per heavy atom. The van der Waals surface area contributed by atoms with Crippen molar-refractivity contribution in [1.29, 1.82) is 0 Å². The normalized spacial score (nSPS) is 10.6. The molecule has 2 aromatic rings. The Bertz CT molecular complexity index is 850. The van der Waals surface area contributed by atoms with Crippen LogP contribution < -0.4 is 19.9 Å². The quantitative estimate of drug-likeness (QED) is 0.706. The number of benzene rings is 2. The number of methoxy groups -OCH3 is 3. The van der Waals surface area contributed by atoms with Crippen LogP contribution in [-0.2, 0) is 11.3 Å². The predicted molar refractivity (Wildman–Crippen MR) is 107 cm³/mol. The van der Waals surface area contributed by atoms with Gasteiger partial charge in [-0.1, -0.05) is 12.1 Å². The zero-order valence-corrected chi connectivity index (χ0v) is 16.4. The minimum atomic E-state index is -0.482. The lowest BCUT2D eigenvalue weighted by Gasteiger charge is -2.15. The Kier molecular flexibility index (Phi) is 7.03. The molecule has 7 heteroatoms. The number of ether oxygens (including phenoxy) is 3. The topological polar surface area (TPSA) is 91.1 Å². The van der Waals surface area contributed by atoms with E-state index in [9.17, 15) is 9.59 Å². The van der Waals surface area contributed by atoms with Gasteiger partial charge in [0.25, 0.3) is 0 Å². The third-order valence-electron chi connectivity index (χ3n) is 4.14. The molecule has 0 unspecified atom stereocenters. The van der Waals surface area contributed by atoms with Crippen molar-refractivity contribution < 1.29 is 23.8 Å². The average molecular weight is 384 g/mol. The van der Waals surface area contributed by atoms with E-state index in [1.165, 1.54) is 27.4 Å². The summed E-state index contributed by atoms with van der Waals surface area (Å²) in [6, 6.07) is 10.3.